The van der Waals surface area contributed by atoms with Gasteiger partial charge in [0.05, 0.1) is 13.3 Å². The molecule has 1 unspecified atom stereocenters. The lowest BCUT2D eigenvalue weighted by atomic mass is 9.91. The molecule has 136 valence electrons. The monoisotopic (exact) mass is 343 g/mol. The van der Waals surface area contributed by atoms with E-state index in [0.717, 1.165) is 23.3 Å². The number of hydrogen-bond acceptors (Lipinski definition) is 3. The summed E-state index contributed by atoms with van der Waals surface area (Å²) in [5.74, 6) is 1.08. The van der Waals surface area contributed by atoms with Gasteiger partial charge < -0.3 is 14.0 Å². The molecule has 0 N–H and O–H groups in total. The Hall–Kier alpha value is -2.07. The Kier molecular flexibility index (Phi) is 6.43. The number of aryl methyl sites for hydroxylation is 1. The standard InChI is InChI=1S/C21H29NO3/c1-14(2)17-8-7-15(3)11-18(17)19-12-21(23)22(13-20(19)25-6)16(4)9-10-24-5/h7-8,11-14,16H,9-10H2,1-6H3. The van der Waals surface area contributed by atoms with Crippen LogP contribution >= 0.6 is 0 Å². The van der Waals surface area contributed by atoms with Crippen molar-refractivity contribution in [3.63, 3.8) is 0 Å². The SMILES string of the molecule is COCCC(C)n1cc(OC)c(-c2cc(C)ccc2C(C)C)cc1=O. The second-order valence-electron chi connectivity index (χ2n) is 6.88. The van der Waals surface area contributed by atoms with Crippen molar-refractivity contribution in [1.29, 1.82) is 0 Å². The highest BCUT2D eigenvalue weighted by molar-refractivity contribution is 5.74. The van der Waals surface area contributed by atoms with Gasteiger partial charge in [0.25, 0.3) is 5.56 Å². The lowest BCUT2D eigenvalue weighted by Gasteiger charge is -2.20. The van der Waals surface area contributed by atoms with Crippen LogP contribution in [0, 0.1) is 6.92 Å². The normalized spacial score (nSPS) is 12.4. The molecular weight excluding hydrogens is 314 g/mol. The van der Waals surface area contributed by atoms with Gasteiger partial charge in [0.2, 0.25) is 0 Å². The van der Waals surface area contributed by atoms with Crippen molar-refractivity contribution in [2.24, 2.45) is 0 Å². The van der Waals surface area contributed by atoms with Crippen molar-refractivity contribution < 1.29 is 9.47 Å². The van der Waals surface area contributed by atoms with Gasteiger partial charge in [0.15, 0.2) is 0 Å². The van der Waals surface area contributed by atoms with E-state index in [1.165, 1.54) is 11.1 Å². The van der Waals surface area contributed by atoms with E-state index in [9.17, 15) is 4.79 Å². The van der Waals surface area contributed by atoms with Crippen LogP contribution in [0.15, 0.2) is 35.3 Å². The molecule has 25 heavy (non-hydrogen) atoms. The van der Waals surface area contributed by atoms with Gasteiger partial charge in [-0.25, -0.2) is 0 Å². The Morgan fingerprint density at radius 1 is 1.08 bits per heavy atom. The Labute approximate surface area is 150 Å². The molecule has 1 heterocycles. The number of benzene rings is 1. The Bertz CT molecular complexity index is 777. The number of aromatic nitrogens is 1. The minimum Gasteiger partial charge on any atom is -0.495 e. The number of rotatable bonds is 7. The third kappa shape index (κ3) is 4.31. The van der Waals surface area contributed by atoms with Crippen molar-refractivity contribution in [2.45, 2.75) is 46.1 Å². The van der Waals surface area contributed by atoms with Crippen LogP contribution < -0.4 is 10.3 Å². The van der Waals surface area contributed by atoms with Crippen LogP contribution in [0.1, 0.15) is 50.3 Å². The maximum absolute atomic E-state index is 12.7. The van der Waals surface area contributed by atoms with Crippen molar-refractivity contribution in [2.75, 3.05) is 20.8 Å². The zero-order valence-electron chi connectivity index (χ0n) is 16.1. The van der Waals surface area contributed by atoms with Crippen LogP contribution in [0.25, 0.3) is 11.1 Å². The molecule has 0 saturated carbocycles. The highest BCUT2D eigenvalue weighted by atomic mass is 16.5. The minimum atomic E-state index is -0.0179. The van der Waals surface area contributed by atoms with Crippen molar-refractivity contribution in [3.8, 4) is 16.9 Å². The van der Waals surface area contributed by atoms with Gasteiger partial charge in [-0.05, 0) is 37.3 Å². The second kappa shape index (κ2) is 8.34. The fraction of sp³-hybridized carbons (Fsp3) is 0.476. The van der Waals surface area contributed by atoms with E-state index < -0.39 is 0 Å². The number of hydrogen-bond donors (Lipinski definition) is 0. The van der Waals surface area contributed by atoms with E-state index in [0.29, 0.717) is 12.5 Å². The Morgan fingerprint density at radius 3 is 2.40 bits per heavy atom. The second-order valence-corrected chi connectivity index (χ2v) is 6.88. The van der Waals surface area contributed by atoms with E-state index in [1.807, 2.05) is 13.1 Å². The topological polar surface area (TPSA) is 40.5 Å². The summed E-state index contributed by atoms with van der Waals surface area (Å²) in [6.45, 7) is 9.02. The minimum absolute atomic E-state index is 0.0179. The summed E-state index contributed by atoms with van der Waals surface area (Å²) in [5.41, 5.74) is 4.29. The van der Waals surface area contributed by atoms with Crippen molar-refractivity contribution in [1.82, 2.24) is 4.57 Å². The number of methoxy groups -OCH3 is 2. The first-order valence-corrected chi connectivity index (χ1v) is 8.79. The van der Waals surface area contributed by atoms with Gasteiger partial charge >= 0.3 is 0 Å². The number of pyridine rings is 1. The van der Waals surface area contributed by atoms with Gasteiger partial charge in [0, 0.05) is 31.4 Å². The molecule has 2 aromatic rings. The molecule has 0 amide bonds. The number of ether oxygens (including phenoxy) is 2. The van der Waals surface area contributed by atoms with E-state index in [-0.39, 0.29) is 11.6 Å². The summed E-state index contributed by atoms with van der Waals surface area (Å²) in [6.07, 6.45) is 2.60. The molecule has 0 aliphatic heterocycles. The summed E-state index contributed by atoms with van der Waals surface area (Å²) in [7, 11) is 3.32. The highest BCUT2D eigenvalue weighted by Gasteiger charge is 2.17. The van der Waals surface area contributed by atoms with Gasteiger partial charge in [-0.15, -0.1) is 0 Å². The molecule has 0 bridgehead atoms. The van der Waals surface area contributed by atoms with Crippen LogP contribution in [0.3, 0.4) is 0 Å². The molecule has 0 aliphatic carbocycles. The maximum Gasteiger partial charge on any atom is 0.251 e. The Morgan fingerprint density at radius 2 is 1.80 bits per heavy atom. The molecular formula is C21H29NO3. The summed E-state index contributed by atoms with van der Waals surface area (Å²) in [6, 6.07) is 8.13. The lowest BCUT2D eigenvalue weighted by molar-refractivity contribution is 0.180. The summed E-state index contributed by atoms with van der Waals surface area (Å²) >= 11 is 0. The third-order valence-corrected chi connectivity index (χ3v) is 4.60. The van der Waals surface area contributed by atoms with Crippen LogP contribution in [-0.4, -0.2) is 25.4 Å². The zero-order valence-corrected chi connectivity index (χ0v) is 16.1. The average molecular weight is 343 g/mol. The number of nitrogens with zero attached hydrogens (tertiary/aromatic N) is 1. The first-order valence-electron chi connectivity index (χ1n) is 8.79. The largest absolute Gasteiger partial charge is 0.495 e. The molecule has 0 spiro atoms. The predicted molar refractivity (Wildman–Crippen MR) is 103 cm³/mol. The molecule has 2 rings (SSSR count). The fourth-order valence-corrected chi connectivity index (χ4v) is 3.08. The first kappa shape index (κ1) is 19.3. The molecule has 0 saturated heterocycles. The molecule has 0 aliphatic rings. The summed E-state index contributed by atoms with van der Waals surface area (Å²) in [4.78, 5) is 12.7. The molecule has 1 atom stereocenters. The molecule has 4 heteroatoms. The third-order valence-electron chi connectivity index (χ3n) is 4.60. The molecule has 1 aromatic carbocycles. The predicted octanol–water partition coefficient (Wildman–Crippen LogP) is 4.55. The van der Waals surface area contributed by atoms with Crippen LogP contribution in [0.4, 0.5) is 0 Å². The lowest BCUT2D eigenvalue weighted by Crippen LogP contribution is -2.23. The molecule has 0 radical (unpaired) electrons. The quantitative estimate of drug-likeness (QED) is 0.740. The van der Waals surface area contributed by atoms with Gasteiger partial charge in [-0.2, -0.15) is 0 Å². The highest BCUT2D eigenvalue weighted by Crippen LogP contribution is 2.35. The van der Waals surface area contributed by atoms with Crippen molar-refractivity contribution in [3.05, 3.63) is 51.9 Å². The van der Waals surface area contributed by atoms with Crippen LogP contribution in [0.2, 0.25) is 0 Å². The fourth-order valence-electron chi connectivity index (χ4n) is 3.08. The van der Waals surface area contributed by atoms with Crippen LogP contribution in [0.5, 0.6) is 5.75 Å². The Balaban J connectivity index is 2.59. The molecule has 1 aromatic heterocycles. The molecule has 0 fully saturated rings. The van der Waals surface area contributed by atoms with Crippen LogP contribution in [-0.2, 0) is 4.74 Å². The van der Waals surface area contributed by atoms with E-state index >= 15 is 0 Å². The molecule has 4 nitrogen and oxygen atoms in total. The van der Waals surface area contributed by atoms with Gasteiger partial charge in [0.1, 0.15) is 5.75 Å². The smallest absolute Gasteiger partial charge is 0.251 e. The summed E-state index contributed by atoms with van der Waals surface area (Å²) < 4.78 is 12.5. The average Bonchev–Trinajstić information content (AvgIpc) is 2.58. The van der Waals surface area contributed by atoms with Crippen molar-refractivity contribution >= 4 is 0 Å². The summed E-state index contributed by atoms with van der Waals surface area (Å²) in [5, 5.41) is 0. The van der Waals surface area contributed by atoms with E-state index in [2.05, 4.69) is 39.0 Å². The zero-order chi connectivity index (χ0) is 18.6. The van der Waals surface area contributed by atoms with Gasteiger partial charge in [-0.1, -0.05) is 37.6 Å². The first-order chi connectivity index (χ1) is 11.9. The van der Waals surface area contributed by atoms with Gasteiger partial charge in [-0.3, -0.25) is 4.79 Å². The maximum atomic E-state index is 12.7. The van der Waals surface area contributed by atoms with E-state index in [4.69, 9.17) is 9.47 Å². The van der Waals surface area contributed by atoms with E-state index in [1.54, 1.807) is 24.9 Å².